The van der Waals surface area contributed by atoms with Crippen molar-refractivity contribution in [2.45, 2.75) is 6.04 Å². The number of halogens is 3. The molecule has 0 radical (unpaired) electrons. The van der Waals surface area contributed by atoms with Gasteiger partial charge < -0.3 is 5.32 Å². The van der Waals surface area contributed by atoms with Crippen LogP contribution in [0.25, 0.3) is 5.65 Å². The number of amides is 1. The number of nitrogens with one attached hydrogen (secondary N) is 1. The van der Waals surface area contributed by atoms with E-state index in [0.29, 0.717) is 16.4 Å². The summed E-state index contributed by atoms with van der Waals surface area (Å²) in [6, 6.07) is 6.03. The summed E-state index contributed by atoms with van der Waals surface area (Å²) in [6.45, 7) is 0. The predicted octanol–water partition coefficient (Wildman–Crippen LogP) is 3.70. The standard InChI is InChI=1S/C17H9BrClFN4O2/c18-11-4-9(7-24-10(8-25)6-22-16(11)24)17(26)23-14(5-21)15-12(19)2-1-3-13(15)20/h1-4,6-8,14H,(H,23,26). The van der Waals surface area contributed by atoms with Gasteiger partial charge in [-0.15, -0.1) is 0 Å². The van der Waals surface area contributed by atoms with E-state index in [0.717, 1.165) is 6.07 Å². The summed E-state index contributed by atoms with van der Waals surface area (Å²) in [5.41, 5.74) is 0.751. The second-order valence-corrected chi connectivity index (χ2v) is 6.50. The number of carbonyl (C=O) groups excluding carboxylic acids is 2. The maximum atomic E-state index is 14.0. The maximum Gasteiger partial charge on any atom is 0.254 e. The van der Waals surface area contributed by atoms with Crippen LogP contribution in [-0.2, 0) is 0 Å². The van der Waals surface area contributed by atoms with Gasteiger partial charge in [-0.05, 0) is 34.1 Å². The van der Waals surface area contributed by atoms with Crippen molar-refractivity contribution in [2.24, 2.45) is 0 Å². The van der Waals surface area contributed by atoms with Gasteiger partial charge in [0.2, 0.25) is 0 Å². The van der Waals surface area contributed by atoms with Crippen molar-refractivity contribution in [1.29, 1.82) is 5.26 Å². The van der Waals surface area contributed by atoms with Crippen LogP contribution in [0.3, 0.4) is 0 Å². The summed E-state index contributed by atoms with van der Waals surface area (Å²) in [6.07, 6.45) is 3.38. The van der Waals surface area contributed by atoms with Gasteiger partial charge in [0.15, 0.2) is 11.9 Å². The zero-order valence-corrected chi connectivity index (χ0v) is 15.3. The summed E-state index contributed by atoms with van der Waals surface area (Å²) in [4.78, 5) is 27.7. The molecule has 0 saturated carbocycles. The number of hydrogen-bond donors (Lipinski definition) is 1. The van der Waals surface area contributed by atoms with Crippen molar-refractivity contribution in [3.8, 4) is 6.07 Å². The number of hydrogen-bond acceptors (Lipinski definition) is 4. The zero-order valence-electron chi connectivity index (χ0n) is 12.9. The molecule has 0 aliphatic heterocycles. The van der Waals surface area contributed by atoms with Crippen LogP contribution in [0.2, 0.25) is 5.02 Å². The number of benzene rings is 1. The average molecular weight is 436 g/mol. The first-order valence-electron chi connectivity index (χ1n) is 7.22. The first kappa shape index (κ1) is 18.0. The van der Waals surface area contributed by atoms with Crippen molar-refractivity contribution in [3.05, 3.63) is 68.8 Å². The Kier molecular flexibility index (Phi) is 5.02. The lowest BCUT2D eigenvalue weighted by Crippen LogP contribution is -2.28. The Hall–Kier alpha value is -2.76. The molecule has 26 heavy (non-hydrogen) atoms. The highest BCUT2D eigenvalue weighted by atomic mass is 79.9. The minimum atomic E-state index is -1.28. The number of pyridine rings is 1. The molecule has 2 heterocycles. The van der Waals surface area contributed by atoms with Crippen LogP contribution in [0.15, 0.2) is 41.1 Å². The Morgan fingerprint density at radius 1 is 1.50 bits per heavy atom. The van der Waals surface area contributed by atoms with Crippen LogP contribution in [-0.4, -0.2) is 21.6 Å². The van der Waals surface area contributed by atoms with Crippen LogP contribution >= 0.6 is 27.5 Å². The molecule has 3 rings (SSSR count). The van der Waals surface area contributed by atoms with Gasteiger partial charge in [-0.3, -0.25) is 14.0 Å². The number of rotatable bonds is 4. The van der Waals surface area contributed by atoms with E-state index >= 15 is 0 Å². The van der Waals surface area contributed by atoms with Crippen LogP contribution in [0.1, 0.15) is 32.5 Å². The molecule has 0 fully saturated rings. The number of aldehydes is 1. The molecule has 1 N–H and O–H groups in total. The molecule has 0 spiro atoms. The number of imidazole rings is 1. The molecule has 130 valence electrons. The minimum Gasteiger partial charge on any atom is -0.332 e. The molecular weight excluding hydrogens is 427 g/mol. The molecule has 2 aromatic heterocycles. The van der Waals surface area contributed by atoms with E-state index in [1.807, 2.05) is 6.07 Å². The van der Waals surface area contributed by atoms with Crippen molar-refractivity contribution >= 4 is 45.4 Å². The van der Waals surface area contributed by atoms with E-state index in [4.69, 9.17) is 11.6 Å². The van der Waals surface area contributed by atoms with Gasteiger partial charge in [-0.2, -0.15) is 5.26 Å². The lowest BCUT2D eigenvalue weighted by molar-refractivity contribution is 0.0943. The molecule has 6 nitrogen and oxygen atoms in total. The number of fused-ring (bicyclic) bond motifs is 1. The summed E-state index contributed by atoms with van der Waals surface area (Å²) in [5.74, 6) is -1.33. The Morgan fingerprint density at radius 3 is 2.92 bits per heavy atom. The van der Waals surface area contributed by atoms with E-state index in [-0.39, 0.29) is 21.8 Å². The molecule has 0 aliphatic rings. The highest BCUT2D eigenvalue weighted by molar-refractivity contribution is 9.10. The molecule has 1 atom stereocenters. The third-order valence-corrected chi connectivity index (χ3v) is 4.58. The molecule has 1 unspecified atom stereocenters. The number of carbonyl (C=O) groups is 2. The smallest absolute Gasteiger partial charge is 0.254 e. The van der Waals surface area contributed by atoms with E-state index < -0.39 is 17.8 Å². The van der Waals surface area contributed by atoms with Crippen LogP contribution in [0, 0.1) is 17.1 Å². The van der Waals surface area contributed by atoms with Gasteiger partial charge >= 0.3 is 0 Å². The van der Waals surface area contributed by atoms with E-state index in [2.05, 4.69) is 26.2 Å². The normalized spacial score (nSPS) is 11.8. The fraction of sp³-hybridized carbons (Fsp3) is 0.0588. The van der Waals surface area contributed by atoms with E-state index in [9.17, 15) is 19.2 Å². The lowest BCUT2D eigenvalue weighted by atomic mass is 10.1. The average Bonchev–Trinajstić information content (AvgIpc) is 3.04. The second kappa shape index (κ2) is 7.23. The predicted molar refractivity (Wildman–Crippen MR) is 95.5 cm³/mol. The Bertz CT molecular complexity index is 1060. The SMILES string of the molecule is N#CC(NC(=O)c1cc(Br)c2ncc(C=O)n2c1)c1c(F)cccc1Cl. The summed E-state index contributed by atoms with van der Waals surface area (Å²) >= 11 is 9.24. The van der Waals surface area contributed by atoms with Crippen molar-refractivity contribution in [1.82, 2.24) is 14.7 Å². The molecule has 1 aromatic carbocycles. The number of nitriles is 1. The fourth-order valence-corrected chi connectivity index (χ4v) is 3.26. The van der Waals surface area contributed by atoms with Crippen molar-refractivity contribution in [3.63, 3.8) is 0 Å². The molecule has 1 amide bonds. The van der Waals surface area contributed by atoms with Crippen molar-refractivity contribution < 1.29 is 14.0 Å². The molecule has 0 bridgehead atoms. The quantitative estimate of drug-likeness (QED) is 0.633. The monoisotopic (exact) mass is 434 g/mol. The topological polar surface area (TPSA) is 87.3 Å². The zero-order chi connectivity index (χ0) is 18.8. The largest absolute Gasteiger partial charge is 0.332 e. The van der Waals surface area contributed by atoms with Gasteiger partial charge in [0.1, 0.15) is 17.6 Å². The van der Waals surface area contributed by atoms with Gasteiger partial charge in [0.25, 0.3) is 5.91 Å². The third-order valence-electron chi connectivity index (χ3n) is 3.67. The van der Waals surface area contributed by atoms with Gasteiger partial charge in [0, 0.05) is 16.8 Å². The molecule has 0 aliphatic carbocycles. The number of aromatic nitrogens is 2. The third kappa shape index (κ3) is 3.19. The molecule has 3 aromatic rings. The van der Waals surface area contributed by atoms with Crippen LogP contribution < -0.4 is 5.32 Å². The first-order valence-corrected chi connectivity index (χ1v) is 8.39. The van der Waals surface area contributed by atoms with E-state index in [1.54, 1.807) is 0 Å². The van der Waals surface area contributed by atoms with E-state index in [1.165, 1.54) is 35.0 Å². The number of nitrogens with zero attached hydrogens (tertiary/aromatic N) is 3. The molecule has 9 heteroatoms. The minimum absolute atomic E-state index is 0.0336. The van der Waals surface area contributed by atoms with Crippen molar-refractivity contribution in [2.75, 3.05) is 0 Å². The summed E-state index contributed by atoms with van der Waals surface area (Å²) in [7, 11) is 0. The molecular formula is C17H9BrClFN4O2. The Morgan fingerprint density at radius 2 is 2.27 bits per heavy atom. The lowest BCUT2D eigenvalue weighted by Gasteiger charge is -2.14. The van der Waals surface area contributed by atoms with Gasteiger partial charge in [0.05, 0.1) is 22.3 Å². The fourth-order valence-electron chi connectivity index (χ4n) is 2.45. The van der Waals surface area contributed by atoms with Gasteiger partial charge in [-0.1, -0.05) is 17.7 Å². The Labute approximate surface area is 160 Å². The first-order chi connectivity index (χ1) is 12.5. The van der Waals surface area contributed by atoms with Gasteiger partial charge in [-0.25, -0.2) is 9.37 Å². The van der Waals surface area contributed by atoms with Crippen LogP contribution in [0.5, 0.6) is 0 Å². The summed E-state index contributed by atoms with van der Waals surface area (Å²) < 4.78 is 15.9. The maximum absolute atomic E-state index is 14.0. The highest BCUT2D eigenvalue weighted by Crippen LogP contribution is 2.26. The Balaban J connectivity index is 1.98. The second-order valence-electron chi connectivity index (χ2n) is 5.24. The highest BCUT2D eigenvalue weighted by Gasteiger charge is 2.22. The summed E-state index contributed by atoms with van der Waals surface area (Å²) in [5, 5.41) is 11.8. The molecule has 0 saturated heterocycles. The van der Waals surface area contributed by atoms with Crippen LogP contribution in [0.4, 0.5) is 4.39 Å².